The van der Waals surface area contributed by atoms with Crippen LogP contribution in [0.5, 0.6) is 0 Å². The summed E-state index contributed by atoms with van der Waals surface area (Å²) in [5.41, 5.74) is 0.284. The van der Waals surface area contributed by atoms with Gasteiger partial charge in [0.05, 0.1) is 5.56 Å². The summed E-state index contributed by atoms with van der Waals surface area (Å²) in [6, 6.07) is 2.52. The Kier molecular flexibility index (Phi) is 7.38. The largest absolute Gasteiger partial charge is 0.452 e. The van der Waals surface area contributed by atoms with Gasteiger partial charge < -0.3 is 10.1 Å². The molecule has 2 N–H and O–H groups in total. The van der Waals surface area contributed by atoms with E-state index in [1.807, 2.05) is 13.8 Å². The fourth-order valence-electron chi connectivity index (χ4n) is 1.44. The maximum atomic E-state index is 11.9. The number of amides is 3. The van der Waals surface area contributed by atoms with Gasteiger partial charge in [-0.15, -0.1) is 11.8 Å². The second-order valence-corrected chi connectivity index (χ2v) is 5.26. The van der Waals surface area contributed by atoms with Crippen molar-refractivity contribution in [2.45, 2.75) is 31.3 Å². The van der Waals surface area contributed by atoms with Crippen LogP contribution in [0.25, 0.3) is 0 Å². The lowest BCUT2D eigenvalue weighted by atomic mass is 10.3. The van der Waals surface area contributed by atoms with Crippen molar-refractivity contribution in [3.05, 3.63) is 23.9 Å². The summed E-state index contributed by atoms with van der Waals surface area (Å²) in [4.78, 5) is 38.9. The number of urea groups is 1. The summed E-state index contributed by atoms with van der Waals surface area (Å²) in [7, 11) is 0. The molecule has 0 saturated carbocycles. The molecular formula is C14H19N3O4S. The zero-order valence-corrected chi connectivity index (χ0v) is 13.5. The molecule has 1 heterocycles. The third-order valence-electron chi connectivity index (χ3n) is 2.76. The SMILES string of the molecule is CC[C@@H](C)NC(=O)NC(=O)COC(=O)c1cccnc1SC. The topological polar surface area (TPSA) is 97.4 Å². The number of nitrogens with one attached hydrogen (secondary N) is 2. The van der Waals surface area contributed by atoms with Crippen molar-refractivity contribution in [3.8, 4) is 0 Å². The zero-order valence-electron chi connectivity index (χ0n) is 12.7. The fraction of sp³-hybridized carbons (Fsp3) is 0.429. The van der Waals surface area contributed by atoms with Gasteiger partial charge in [0.2, 0.25) is 0 Å². The number of hydrogen-bond acceptors (Lipinski definition) is 6. The Morgan fingerprint density at radius 1 is 1.41 bits per heavy atom. The predicted octanol–water partition coefficient (Wildman–Crippen LogP) is 1.58. The van der Waals surface area contributed by atoms with E-state index < -0.39 is 24.5 Å². The molecule has 0 fully saturated rings. The maximum Gasteiger partial charge on any atom is 0.341 e. The molecule has 1 aromatic heterocycles. The van der Waals surface area contributed by atoms with Crippen molar-refractivity contribution in [1.29, 1.82) is 0 Å². The molecule has 0 spiro atoms. The first-order chi connectivity index (χ1) is 10.5. The number of esters is 1. The summed E-state index contributed by atoms with van der Waals surface area (Å²) in [6.45, 7) is 3.19. The number of ether oxygens (including phenoxy) is 1. The van der Waals surface area contributed by atoms with E-state index in [1.54, 1.807) is 24.6 Å². The molecule has 0 bridgehead atoms. The summed E-state index contributed by atoms with van der Waals surface area (Å²) < 4.78 is 4.88. The summed E-state index contributed by atoms with van der Waals surface area (Å²) in [5.74, 6) is -1.35. The first-order valence-corrected chi connectivity index (χ1v) is 7.96. The Labute approximate surface area is 133 Å². The average Bonchev–Trinajstić information content (AvgIpc) is 2.52. The maximum absolute atomic E-state index is 11.9. The molecule has 120 valence electrons. The molecular weight excluding hydrogens is 306 g/mol. The molecule has 0 radical (unpaired) electrons. The average molecular weight is 325 g/mol. The van der Waals surface area contributed by atoms with Crippen molar-refractivity contribution in [2.24, 2.45) is 0 Å². The van der Waals surface area contributed by atoms with Crippen LogP contribution in [0.15, 0.2) is 23.4 Å². The van der Waals surface area contributed by atoms with Crippen molar-refractivity contribution in [2.75, 3.05) is 12.9 Å². The van der Waals surface area contributed by atoms with Gasteiger partial charge in [-0.3, -0.25) is 10.1 Å². The molecule has 0 aliphatic carbocycles. The van der Waals surface area contributed by atoms with Gasteiger partial charge in [0.1, 0.15) is 5.03 Å². The van der Waals surface area contributed by atoms with Gasteiger partial charge in [0, 0.05) is 12.2 Å². The van der Waals surface area contributed by atoms with Gasteiger partial charge in [0.15, 0.2) is 6.61 Å². The Hall–Kier alpha value is -2.09. The van der Waals surface area contributed by atoms with Crippen LogP contribution >= 0.6 is 11.8 Å². The van der Waals surface area contributed by atoms with E-state index in [4.69, 9.17) is 4.74 Å². The Balaban J connectivity index is 2.47. The lowest BCUT2D eigenvalue weighted by Gasteiger charge is -2.12. The molecule has 3 amide bonds. The van der Waals surface area contributed by atoms with Crippen molar-refractivity contribution < 1.29 is 19.1 Å². The van der Waals surface area contributed by atoms with Crippen LogP contribution < -0.4 is 10.6 Å². The Morgan fingerprint density at radius 2 is 2.14 bits per heavy atom. The lowest BCUT2D eigenvalue weighted by molar-refractivity contribution is -0.123. The minimum absolute atomic E-state index is 0.0464. The van der Waals surface area contributed by atoms with Gasteiger partial charge in [-0.05, 0) is 31.7 Å². The van der Waals surface area contributed by atoms with Crippen LogP contribution in [0.2, 0.25) is 0 Å². The lowest BCUT2D eigenvalue weighted by Crippen LogP contribution is -2.44. The fourth-order valence-corrected chi connectivity index (χ4v) is 1.98. The van der Waals surface area contributed by atoms with Crippen LogP contribution in [0, 0.1) is 0 Å². The first-order valence-electron chi connectivity index (χ1n) is 6.74. The Morgan fingerprint density at radius 3 is 2.77 bits per heavy atom. The second-order valence-electron chi connectivity index (χ2n) is 4.47. The molecule has 22 heavy (non-hydrogen) atoms. The van der Waals surface area contributed by atoms with Crippen LogP contribution in [-0.2, 0) is 9.53 Å². The number of rotatable bonds is 6. The van der Waals surface area contributed by atoms with Gasteiger partial charge in [-0.2, -0.15) is 0 Å². The number of hydrogen-bond donors (Lipinski definition) is 2. The molecule has 1 atom stereocenters. The molecule has 1 rings (SSSR count). The number of carbonyl (C=O) groups excluding carboxylic acids is 3. The summed E-state index contributed by atoms with van der Waals surface area (Å²) >= 11 is 1.30. The minimum atomic E-state index is -0.691. The number of thioether (sulfide) groups is 1. The minimum Gasteiger partial charge on any atom is -0.452 e. The standard InChI is InChI=1S/C14H19N3O4S/c1-4-9(2)16-14(20)17-11(18)8-21-13(19)10-6-5-7-15-12(10)22-3/h5-7,9H,4,8H2,1-3H3,(H2,16,17,18,20)/t9-/m1/s1. The molecule has 0 aliphatic heterocycles. The number of carbonyl (C=O) groups is 3. The molecule has 7 nitrogen and oxygen atoms in total. The molecule has 0 saturated heterocycles. The molecule has 8 heteroatoms. The highest BCUT2D eigenvalue weighted by atomic mass is 32.2. The van der Waals surface area contributed by atoms with Gasteiger partial charge in [-0.25, -0.2) is 14.6 Å². The van der Waals surface area contributed by atoms with E-state index >= 15 is 0 Å². The normalized spacial score (nSPS) is 11.4. The zero-order chi connectivity index (χ0) is 16.5. The highest BCUT2D eigenvalue weighted by Gasteiger charge is 2.16. The number of aromatic nitrogens is 1. The van der Waals surface area contributed by atoms with Crippen LogP contribution in [0.1, 0.15) is 30.6 Å². The third-order valence-corrected chi connectivity index (χ3v) is 3.47. The van der Waals surface area contributed by atoms with E-state index in [9.17, 15) is 14.4 Å². The molecule has 0 unspecified atom stereocenters. The summed E-state index contributed by atoms with van der Waals surface area (Å²) in [6.07, 6.45) is 4.09. The quantitative estimate of drug-likeness (QED) is 0.609. The first kappa shape index (κ1) is 18.0. The van der Waals surface area contributed by atoms with Crippen LogP contribution in [-0.4, -0.2) is 41.8 Å². The highest BCUT2D eigenvalue weighted by molar-refractivity contribution is 7.98. The van der Waals surface area contributed by atoms with E-state index in [-0.39, 0.29) is 11.6 Å². The van der Waals surface area contributed by atoms with Gasteiger partial charge >= 0.3 is 12.0 Å². The highest BCUT2D eigenvalue weighted by Crippen LogP contribution is 2.17. The van der Waals surface area contributed by atoms with E-state index in [0.717, 1.165) is 6.42 Å². The van der Waals surface area contributed by atoms with E-state index in [0.29, 0.717) is 5.03 Å². The van der Waals surface area contributed by atoms with Gasteiger partial charge in [0.25, 0.3) is 5.91 Å². The third kappa shape index (κ3) is 5.72. The molecule has 0 aliphatic rings. The summed E-state index contributed by atoms with van der Waals surface area (Å²) in [5, 5.41) is 5.18. The van der Waals surface area contributed by atoms with Crippen LogP contribution in [0.4, 0.5) is 4.79 Å². The number of imide groups is 1. The Bertz CT molecular complexity index is 551. The van der Waals surface area contributed by atoms with Crippen molar-refractivity contribution >= 4 is 29.7 Å². The van der Waals surface area contributed by atoms with E-state index in [2.05, 4.69) is 15.6 Å². The monoisotopic (exact) mass is 325 g/mol. The number of nitrogens with zero attached hydrogens (tertiary/aromatic N) is 1. The van der Waals surface area contributed by atoms with Crippen molar-refractivity contribution in [3.63, 3.8) is 0 Å². The molecule has 0 aromatic carbocycles. The second kappa shape index (κ2) is 9.04. The number of pyridine rings is 1. The van der Waals surface area contributed by atoms with Crippen molar-refractivity contribution in [1.82, 2.24) is 15.6 Å². The predicted molar refractivity (Wildman–Crippen MR) is 82.7 cm³/mol. The smallest absolute Gasteiger partial charge is 0.341 e. The molecule has 1 aromatic rings. The van der Waals surface area contributed by atoms with E-state index in [1.165, 1.54) is 11.8 Å². The van der Waals surface area contributed by atoms with Crippen LogP contribution in [0.3, 0.4) is 0 Å². The van der Waals surface area contributed by atoms with Gasteiger partial charge in [-0.1, -0.05) is 6.92 Å².